The summed E-state index contributed by atoms with van der Waals surface area (Å²) in [6.45, 7) is 26.4. The summed E-state index contributed by atoms with van der Waals surface area (Å²) >= 11 is 0. The Morgan fingerprint density at radius 3 is 1.30 bits per heavy atom. The lowest BCUT2D eigenvalue weighted by molar-refractivity contribution is -0.000419. The molecule has 0 aromatic heterocycles. The number of hydrogen-bond acceptors (Lipinski definition) is 8. The summed E-state index contributed by atoms with van der Waals surface area (Å²) in [4.78, 5) is 0. The normalized spacial score (nSPS) is 16.0. The fraction of sp³-hybridized carbons (Fsp3) is 1.00. The van der Waals surface area contributed by atoms with Gasteiger partial charge in [0.05, 0.1) is 13.2 Å². The Bertz CT molecular complexity index is 799. The molecule has 0 aliphatic carbocycles. The number of unbranched alkanes of at least 4 members (excludes halogenated alkanes) is 15. The molecule has 0 aliphatic heterocycles. The number of ether oxygens (including phenoxy) is 2. The number of hydrogen-bond donors (Lipinski definition) is 2. The van der Waals surface area contributed by atoms with Crippen molar-refractivity contribution in [3.63, 3.8) is 0 Å². The molecule has 0 saturated heterocycles. The Hall–Kier alpha value is 0.764. The van der Waals surface area contributed by atoms with Crippen molar-refractivity contribution in [1.82, 2.24) is 0 Å². The van der Waals surface area contributed by atoms with Crippen molar-refractivity contribution in [3.8, 4) is 0 Å². The predicted octanol–water partition coefficient (Wildman–Crippen LogP) is 11.0. The Kier molecular flexibility index (Phi) is 28.6. The maximum Gasteiger partial charge on any atom is 0.317 e. The molecule has 3 atom stereocenters. The second kappa shape index (κ2) is 28.2. The van der Waals surface area contributed by atoms with Crippen LogP contribution in [0.15, 0.2) is 0 Å². The van der Waals surface area contributed by atoms with E-state index in [1.165, 1.54) is 96.3 Å². The van der Waals surface area contributed by atoms with E-state index in [4.69, 9.17) is 31.0 Å². The molecule has 0 rings (SSSR count). The molecular formula is C37H86O8Si5. The van der Waals surface area contributed by atoms with Gasteiger partial charge in [-0.1, -0.05) is 110 Å². The third-order valence-corrected chi connectivity index (χ3v) is 26.7. The van der Waals surface area contributed by atoms with Gasteiger partial charge in [-0.05, 0) is 90.4 Å². The van der Waals surface area contributed by atoms with Crippen LogP contribution in [-0.4, -0.2) is 91.7 Å². The summed E-state index contributed by atoms with van der Waals surface area (Å²) in [5, 5.41) is 18.3. The van der Waals surface area contributed by atoms with Crippen LogP contribution in [0.4, 0.5) is 0 Å². The van der Waals surface area contributed by atoms with Gasteiger partial charge < -0.3 is 36.1 Å². The highest BCUT2D eigenvalue weighted by Gasteiger charge is 2.48. The minimum Gasteiger partial charge on any atom is -0.437 e. The van der Waals surface area contributed by atoms with E-state index in [0.717, 1.165) is 31.4 Å². The maximum atomic E-state index is 9.40. The Morgan fingerprint density at radius 2 is 0.840 bits per heavy atom. The zero-order valence-corrected chi connectivity index (χ0v) is 40.1. The van der Waals surface area contributed by atoms with Gasteiger partial charge in [0, 0.05) is 19.8 Å². The van der Waals surface area contributed by atoms with E-state index in [2.05, 4.69) is 72.4 Å². The van der Waals surface area contributed by atoms with E-state index < -0.39 is 48.4 Å². The highest BCUT2D eigenvalue weighted by Crippen LogP contribution is 2.32. The molecule has 302 valence electrons. The monoisotopic (exact) mass is 799 g/mol. The van der Waals surface area contributed by atoms with Gasteiger partial charge in [-0.3, -0.25) is 0 Å². The molecule has 0 aromatic carbocycles. The zero-order chi connectivity index (χ0) is 38.0. The standard InChI is InChI=1S/C37H86O8Si5/c1-12-13-14-15-16-17-18-19-20-21-22-23-24-25-26-27-33-50(11,44-48(8,9)42-46(2,3)4)45-49(10,43-47(5,6)7)34-29-32-40-30-28-31-41-36-37(39)35-38/h37-39H,12-36H2,1-11H3. The lowest BCUT2D eigenvalue weighted by atomic mass is 10.0. The average Bonchev–Trinajstić information content (AvgIpc) is 2.97. The SMILES string of the molecule is CCCCCCCCCCCCCCCCCC[Si](C)(O[Si](C)(C)O[Si](C)(C)C)O[Si](C)(CCCOCCCOCC(O)CO)O[Si](C)(C)C. The van der Waals surface area contributed by atoms with Crippen LogP contribution in [0, 0.1) is 0 Å². The van der Waals surface area contributed by atoms with Crippen molar-refractivity contribution in [2.75, 3.05) is 33.0 Å². The quantitative estimate of drug-likeness (QED) is 0.0478. The van der Waals surface area contributed by atoms with Crippen molar-refractivity contribution in [2.45, 2.75) is 206 Å². The van der Waals surface area contributed by atoms with Crippen LogP contribution in [0.25, 0.3) is 0 Å². The molecule has 3 unspecified atom stereocenters. The van der Waals surface area contributed by atoms with E-state index in [-0.39, 0.29) is 13.2 Å². The molecular weight excluding hydrogens is 713 g/mol. The lowest BCUT2D eigenvalue weighted by Gasteiger charge is -2.44. The molecule has 0 fully saturated rings. The van der Waals surface area contributed by atoms with Gasteiger partial charge in [-0.15, -0.1) is 0 Å². The average molecular weight is 800 g/mol. The topological polar surface area (TPSA) is 95.8 Å². The van der Waals surface area contributed by atoms with Gasteiger partial charge in [0.25, 0.3) is 0 Å². The molecule has 2 N–H and O–H groups in total. The molecule has 0 saturated carbocycles. The van der Waals surface area contributed by atoms with Crippen LogP contribution >= 0.6 is 0 Å². The molecule has 0 heterocycles. The van der Waals surface area contributed by atoms with Gasteiger partial charge >= 0.3 is 25.7 Å². The smallest absolute Gasteiger partial charge is 0.317 e. The van der Waals surface area contributed by atoms with Crippen molar-refractivity contribution < 1.29 is 36.1 Å². The number of aliphatic hydroxyl groups excluding tert-OH is 2. The molecule has 0 bridgehead atoms. The molecule has 0 aliphatic rings. The van der Waals surface area contributed by atoms with E-state index in [9.17, 15) is 5.11 Å². The molecule has 0 radical (unpaired) electrons. The van der Waals surface area contributed by atoms with Crippen LogP contribution in [0.3, 0.4) is 0 Å². The van der Waals surface area contributed by atoms with Crippen LogP contribution < -0.4 is 0 Å². The van der Waals surface area contributed by atoms with Gasteiger partial charge in [-0.25, -0.2) is 0 Å². The van der Waals surface area contributed by atoms with E-state index in [1.807, 2.05) is 0 Å². The minimum absolute atomic E-state index is 0.151. The Morgan fingerprint density at radius 1 is 0.440 bits per heavy atom. The molecule has 50 heavy (non-hydrogen) atoms. The Balaban J connectivity index is 4.94. The highest BCUT2D eigenvalue weighted by molar-refractivity contribution is 6.90. The number of rotatable bonds is 36. The van der Waals surface area contributed by atoms with Crippen LogP contribution in [0.1, 0.15) is 122 Å². The minimum atomic E-state index is -2.61. The van der Waals surface area contributed by atoms with Gasteiger partial charge in [0.15, 0.2) is 16.6 Å². The van der Waals surface area contributed by atoms with Crippen molar-refractivity contribution >= 4 is 42.3 Å². The molecule has 0 amide bonds. The highest BCUT2D eigenvalue weighted by atomic mass is 28.5. The largest absolute Gasteiger partial charge is 0.437 e. The molecule has 13 heteroatoms. The molecule has 0 spiro atoms. The molecule has 8 nitrogen and oxygen atoms in total. The van der Waals surface area contributed by atoms with Gasteiger partial charge in [0.2, 0.25) is 0 Å². The van der Waals surface area contributed by atoms with Crippen molar-refractivity contribution in [2.24, 2.45) is 0 Å². The first kappa shape index (κ1) is 50.8. The third-order valence-electron chi connectivity index (χ3n) is 8.47. The summed E-state index contributed by atoms with van der Waals surface area (Å²) < 4.78 is 39.3. The summed E-state index contributed by atoms with van der Waals surface area (Å²) in [6, 6.07) is 1.86. The summed E-state index contributed by atoms with van der Waals surface area (Å²) in [7, 11) is -11.2. The lowest BCUT2D eigenvalue weighted by Crippen LogP contribution is -2.60. The van der Waals surface area contributed by atoms with E-state index in [0.29, 0.717) is 19.8 Å². The Labute approximate surface area is 316 Å². The summed E-state index contributed by atoms with van der Waals surface area (Å²) in [6.07, 6.45) is 22.7. The fourth-order valence-electron chi connectivity index (χ4n) is 6.76. The summed E-state index contributed by atoms with van der Waals surface area (Å²) in [5.74, 6) is 0. The van der Waals surface area contributed by atoms with Crippen LogP contribution in [0.5, 0.6) is 0 Å². The zero-order valence-electron chi connectivity index (χ0n) is 35.1. The molecule has 0 aromatic rings. The third kappa shape index (κ3) is 32.2. The van der Waals surface area contributed by atoms with Gasteiger partial charge in [0.1, 0.15) is 6.10 Å². The maximum absolute atomic E-state index is 9.40. The van der Waals surface area contributed by atoms with Crippen LogP contribution in [0.2, 0.25) is 77.6 Å². The van der Waals surface area contributed by atoms with Crippen LogP contribution in [-0.2, 0) is 25.9 Å². The van der Waals surface area contributed by atoms with E-state index in [1.54, 1.807) is 0 Å². The second-order valence-electron chi connectivity index (χ2n) is 17.3. The fourth-order valence-corrected chi connectivity index (χ4v) is 30.6. The van der Waals surface area contributed by atoms with E-state index >= 15 is 0 Å². The first-order chi connectivity index (χ1) is 23.3. The first-order valence-corrected chi connectivity index (χ1v) is 35.3. The van der Waals surface area contributed by atoms with Crippen molar-refractivity contribution in [3.05, 3.63) is 0 Å². The first-order valence-electron chi connectivity index (χ1n) is 20.6. The van der Waals surface area contributed by atoms with Crippen molar-refractivity contribution in [1.29, 1.82) is 0 Å². The summed E-state index contributed by atoms with van der Waals surface area (Å²) in [5.41, 5.74) is 0. The van der Waals surface area contributed by atoms with Gasteiger partial charge in [-0.2, -0.15) is 0 Å². The predicted molar refractivity (Wildman–Crippen MR) is 225 cm³/mol. The second-order valence-corrected chi connectivity index (χ2v) is 37.4. The number of aliphatic hydroxyl groups is 2.